The summed E-state index contributed by atoms with van der Waals surface area (Å²) in [4.78, 5) is 42.2. The molecule has 13 nitrogen and oxygen atoms in total. The van der Waals surface area contributed by atoms with Crippen LogP contribution in [0.25, 0.3) is 0 Å². The van der Waals surface area contributed by atoms with Crippen molar-refractivity contribution in [2.45, 2.75) is 90.1 Å². The summed E-state index contributed by atoms with van der Waals surface area (Å²) in [7, 11) is 0. The van der Waals surface area contributed by atoms with Crippen molar-refractivity contribution in [3.05, 3.63) is 11.8 Å². The maximum Gasteiger partial charge on any atom is 0.410 e. The SMILES string of the molecule is CC(C)(C)OC(=O)N1CC(N(CCc2nnc([C@@H]3CC[C@H]4CN3C(=O)N4O)o2)C(=O)OC(C)(C)C)C1. The molecule has 3 aliphatic rings. The Morgan fingerprint density at radius 2 is 1.72 bits per heavy atom. The summed E-state index contributed by atoms with van der Waals surface area (Å²) in [6, 6.07) is -1.29. The van der Waals surface area contributed by atoms with E-state index in [0.717, 1.165) is 5.06 Å². The topological polar surface area (TPSA) is 142 Å². The van der Waals surface area contributed by atoms with Crippen molar-refractivity contribution in [1.82, 2.24) is 30.0 Å². The van der Waals surface area contributed by atoms with E-state index in [-0.39, 0.29) is 31.1 Å². The van der Waals surface area contributed by atoms with Crippen LogP contribution in [-0.4, -0.2) is 103 Å². The minimum Gasteiger partial charge on any atom is -0.444 e. The van der Waals surface area contributed by atoms with Crippen LogP contribution in [0.15, 0.2) is 4.42 Å². The highest BCUT2D eigenvalue weighted by Gasteiger charge is 2.46. The fourth-order valence-corrected chi connectivity index (χ4v) is 4.50. The quantitative estimate of drug-likeness (QED) is 0.594. The summed E-state index contributed by atoms with van der Waals surface area (Å²) < 4.78 is 16.9. The van der Waals surface area contributed by atoms with Gasteiger partial charge in [0.25, 0.3) is 0 Å². The molecule has 0 spiro atoms. The number of likely N-dealkylation sites (tertiary alicyclic amines) is 1. The number of urea groups is 1. The van der Waals surface area contributed by atoms with Gasteiger partial charge in [0.05, 0.1) is 12.1 Å². The summed E-state index contributed by atoms with van der Waals surface area (Å²) in [5, 5.41) is 18.9. The molecule has 2 bridgehead atoms. The number of rotatable bonds is 5. The first kappa shape index (κ1) is 26.0. The van der Waals surface area contributed by atoms with Gasteiger partial charge < -0.3 is 28.6 Å². The van der Waals surface area contributed by atoms with Gasteiger partial charge >= 0.3 is 18.2 Å². The average Bonchev–Trinajstić information content (AvgIpc) is 3.27. The third-order valence-electron chi connectivity index (χ3n) is 6.26. The first-order valence-corrected chi connectivity index (χ1v) is 12.3. The number of hydrogen-bond acceptors (Lipinski definition) is 9. The van der Waals surface area contributed by atoms with Crippen LogP contribution in [0.2, 0.25) is 0 Å². The van der Waals surface area contributed by atoms with Crippen molar-refractivity contribution in [3.63, 3.8) is 0 Å². The smallest absolute Gasteiger partial charge is 0.410 e. The van der Waals surface area contributed by atoms with Crippen LogP contribution in [-0.2, 0) is 15.9 Å². The molecule has 1 aromatic rings. The van der Waals surface area contributed by atoms with Gasteiger partial charge in [0.2, 0.25) is 11.8 Å². The van der Waals surface area contributed by atoms with Gasteiger partial charge in [-0.25, -0.2) is 19.4 Å². The van der Waals surface area contributed by atoms with Gasteiger partial charge in [-0.3, -0.25) is 5.21 Å². The monoisotopic (exact) mass is 508 g/mol. The Bertz CT molecular complexity index is 994. The molecule has 1 N–H and O–H groups in total. The molecule has 4 amide bonds. The van der Waals surface area contributed by atoms with Gasteiger partial charge in [-0.15, -0.1) is 10.2 Å². The maximum absolute atomic E-state index is 13.0. The molecule has 0 radical (unpaired) electrons. The van der Waals surface area contributed by atoms with Crippen molar-refractivity contribution >= 4 is 18.2 Å². The normalized spacial score (nSPS) is 22.5. The second-order valence-corrected chi connectivity index (χ2v) is 11.5. The highest BCUT2D eigenvalue weighted by atomic mass is 16.6. The Balaban J connectivity index is 1.38. The molecule has 1 aromatic heterocycles. The molecule has 0 aliphatic carbocycles. The molecule has 13 heteroatoms. The summed E-state index contributed by atoms with van der Waals surface area (Å²) in [6.45, 7) is 12.1. The lowest BCUT2D eigenvalue weighted by atomic mass is 10.0. The second-order valence-electron chi connectivity index (χ2n) is 11.5. The Labute approximate surface area is 210 Å². The van der Waals surface area contributed by atoms with Crippen molar-refractivity contribution in [2.75, 3.05) is 26.2 Å². The van der Waals surface area contributed by atoms with Crippen LogP contribution in [0, 0.1) is 0 Å². The van der Waals surface area contributed by atoms with E-state index in [4.69, 9.17) is 13.9 Å². The van der Waals surface area contributed by atoms with E-state index in [1.54, 1.807) is 51.3 Å². The predicted octanol–water partition coefficient (Wildman–Crippen LogP) is 2.80. The molecule has 3 fully saturated rings. The van der Waals surface area contributed by atoms with Crippen molar-refractivity contribution in [3.8, 4) is 0 Å². The number of fused-ring (bicyclic) bond motifs is 2. The first-order valence-electron chi connectivity index (χ1n) is 12.3. The molecule has 3 aliphatic heterocycles. The molecule has 200 valence electrons. The fourth-order valence-electron chi connectivity index (χ4n) is 4.50. The van der Waals surface area contributed by atoms with Crippen molar-refractivity contribution < 1.29 is 33.5 Å². The lowest BCUT2D eigenvalue weighted by Gasteiger charge is -2.45. The number of hydrogen-bond donors (Lipinski definition) is 1. The lowest BCUT2D eigenvalue weighted by molar-refractivity contribution is -0.0584. The third-order valence-corrected chi connectivity index (χ3v) is 6.26. The predicted molar refractivity (Wildman–Crippen MR) is 124 cm³/mol. The van der Waals surface area contributed by atoms with Crippen LogP contribution in [0.1, 0.15) is 72.2 Å². The average molecular weight is 509 g/mol. The van der Waals surface area contributed by atoms with Crippen LogP contribution in [0.5, 0.6) is 0 Å². The van der Waals surface area contributed by atoms with E-state index in [2.05, 4.69) is 10.2 Å². The van der Waals surface area contributed by atoms with E-state index in [1.807, 2.05) is 0 Å². The number of carbonyl (C=O) groups excluding carboxylic acids is 3. The van der Waals surface area contributed by atoms with Gasteiger partial charge in [-0.2, -0.15) is 0 Å². The summed E-state index contributed by atoms with van der Waals surface area (Å²) in [5.41, 5.74) is -1.28. The van der Waals surface area contributed by atoms with Gasteiger partial charge in [0, 0.05) is 32.6 Å². The van der Waals surface area contributed by atoms with E-state index in [1.165, 1.54) is 4.90 Å². The minimum absolute atomic E-state index is 0.207. The minimum atomic E-state index is -0.677. The molecule has 36 heavy (non-hydrogen) atoms. The highest BCUT2D eigenvalue weighted by Crippen LogP contribution is 2.37. The summed E-state index contributed by atoms with van der Waals surface area (Å²) >= 11 is 0. The third kappa shape index (κ3) is 5.66. The Kier molecular flexibility index (Phi) is 6.80. The van der Waals surface area contributed by atoms with E-state index >= 15 is 0 Å². The molecule has 0 aromatic carbocycles. The number of aromatic nitrogens is 2. The lowest BCUT2D eigenvalue weighted by Crippen LogP contribution is -2.63. The van der Waals surface area contributed by atoms with Crippen LogP contribution >= 0.6 is 0 Å². The Hall–Kier alpha value is -3.09. The molecule has 3 saturated heterocycles. The molecule has 4 heterocycles. The fraction of sp³-hybridized carbons (Fsp3) is 0.783. The van der Waals surface area contributed by atoms with Crippen LogP contribution < -0.4 is 0 Å². The van der Waals surface area contributed by atoms with Gasteiger partial charge in [0.15, 0.2) is 0 Å². The van der Waals surface area contributed by atoms with Gasteiger partial charge in [-0.05, 0) is 54.4 Å². The zero-order valence-corrected chi connectivity index (χ0v) is 21.8. The number of ether oxygens (including phenoxy) is 2. The van der Waals surface area contributed by atoms with E-state index in [9.17, 15) is 19.6 Å². The summed E-state index contributed by atoms with van der Waals surface area (Å²) in [5.74, 6) is 0.646. The maximum atomic E-state index is 13.0. The number of carbonyl (C=O) groups is 3. The standard InChI is InChI=1S/C23H36N6O7/c1-22(2,3)35-20(31)26-11-15(12-26)27(21(32)36-23(4,5)6)10-9-17-24-25-18(34-17)16-8-7-14-13-28(16)19(30)29(14)33/h14-16,33H,7-13H2,1-6H3/t14-,16-/m0/s1. The summed E-state index contributed by atoms with van der Waals surface area (Å²) in [6.07, 6.45) is 0.632. The van der Waals surface area contributed by atoms with Crippen molar-refractivity contribution in [2.24, 2.45) is 0 Å². The zero-order chi connectivity index (χ0) is 26.4. The Morgan fingerprint density at radius 1 is 1.06 bits per heavy atom. The molecule has 0 unspecified atom stereocenters. The molecule has 2 atom stereocenters. The van der Waals surface area contributed by atoms with Gasteiger partial charge in [-0.1, -0.05) is 0 Å². The zero-order valence-electron chi connectivity index (χ0n) is 21.8. The van der Waals surface area contributed by atoms with E-state index in [0.29, 0.717) is 44.3 Å². The number of piperidine rings is 1. The van der Waals surface area contributed by atoms with Crippen molar-refractivity contribution in [1.29, 1.82) is 0 Å². The van der Waals surface area contributed by atoms with Crippen LogP contribution in [0.3, 0.4) is 0 Å². The van der Waals surface area contributed by atoms with E-state index < -0.39 is 29.4 Å². The molecule has 4 rings (SSSR count). The number of hydroxylamine groups is 2. The molecular formula is C23H36N6O7. The molecule has 0 saturated carbocycles. The highest BCUT2D eigenvalue weighted by molar-refractivity contribution is 5.76. The Morgan fingerprint density at radius 3 is 2.36 bits per heavy atom. The van der Waals surface area contributed by atoms with Gasteiger partial charge in [0.1, 0.15) is 17.2 Å². The largest absolute Gasteiger partial charge is 0.444 e. The first-order chi connectivity index (χ1) is 16.7. The number of amides is 4. The van der Waals surface area contributed by atoms with Crippen LogP contribution in [0.4, 0.5) is 14.4 Å². The number of nitrogens with zero attached hydrogens (tertiary/aromatic N) is 6. The second kappa shape index (κ2) is 9.41. The molecular weight excluding hydrogens is 472 g/mol.